The first-order valence-electron chi connectivity index (χ1n) is 6.33. The van der Waals surface area contributed by atoms with E-state index in [1.54, 1.807) is 0 Å². The van der Waals surface area contributed by atoms with Crippen LogP contribution in [-0.4, -0.2) is 29.6 Å². The van der Waals surface area contributed by atoms with Crippen LogP contribution in [0.3, 0.4) is 0 Å². The molecule has 0 heterocycles. The lowest BCUT2D eigenvalue weighted by atomic mass is 10.1. The van der Waals surface area contributed by atoms with Gasteiger partial charge in [-0.2, -0.15) is 0 Å². The van der Waals surface area contributed by atoms with E-state index in [1.807, 2.05) is 0 Å². The summed E-state index contributed by atoms with van der Waals surface area (Å²) in [5.41, 5.74) is 5.35. The second-order valence-electron chi connectivity index (χ2n) is 4.25. The molecule has 17 heavy (non-hydrogen) atoms. The molecule has 1 amide bonds. The van der Waals surface area contributed by atoms with Gasteiger partial charge in [0.15, 0.2) is 0 Å². The van der Waals surface area contributed by atoms with E-state index in [-0.39, 0.29) is 5.91 Å². The first kappa shape index (κ1) is 15.9. The molecule has 0 saturated carbocycles. The number of aliphatic carboxylic acids is 1. The Balaban J connectivity index is 3.33. The van der Waals surface area contributed by atoms with E-state index < -0.39 is 12.0 Å². The van der Waals surface area contributed by atoms with E-state index in [9.17, 15) is 9.59 Å². The van der Waals surface area contributed by atoms with Crippen molar-refractivity contribution < 1.29 is 14.7 Å². The Morgan fingerprint density at radius 2 is 1.94 bits per heavy atom. The number of nitrogens with two attached hydrogens (primary N) is 1. The Labute approximate surface area is 103 Å². The Bertz CT molecular complexity index is 232. The van der Waals surface area contributed by atoms with Crippen LogP contribution in [0.1, 0.15) is 51.9 Å². The minimum Gasteiger partial charge on any atom is -0.480 e. The molecule has 5 heteroatoms. The van der Waals surface area contributed by atoms with Gasteiger partial charge in [-0.3, -0.25) is 9.59 Å². The summed E-state index contributed by atoms with van der Waals surface area (Å²) in [5.74, 6) is -0.880. The zero-order chi connectivity index (χ0) is 13.1. The minimum atomic E-state index is -0.964. The normalized spacial score (nSPS) is 12.1. The van der Waals surface area contributed by atoms with Crippen LogP contribution in [0, 0.1) is 0 Å². The van der Waals surface area contributed by atoms with Gasteiger partial charge in [0.05, 0.1) is 0 Å². The Hall–Kier alpha value is -1.10. The highest BCUT2D eigenvalue weighted by Gasteiger charge is 2.09. The first-order chi connectivity index (χ1) is 8.07. The number of unbranched alkanes of at least 4 members (excludes halogenated alkanes) is 3. The van der Waals surface area contributed by atoms with Crippen molar-refractivity contribution in [2.45, 2.75) is 57.9 Å². The summed E-state index contributed by atoms with van der Waals surface area (Å²) in [6.45, 7) is 2.71. The average molecular weight is 244 g/mol. The fraction of sp³-hybridized carbons (Fsp3) is 0.833. The molecule has 0 spiro atoms. The predicted molar refractivity (Wildman–Crippen MR) is 66.6 cm³/mol. The average Bonchev–Trinajstić information content (AvgIpc) is 2.28. The Morgan fingerprint density at radius 1 is 1.24 bits per heavy atom. The van der Waals surface area contributed by atoms with Crippen LogP contribution < -0.4 is 11.1 Å². The van der Waals surface area contributed by atoms with E-state index in [0.29, 0.717) is 19.4 Å². The fourth-order valence-electron chi connectivity index (χ4n) is 1.46. The van der Waals surface area contributed by atoms with Crippen LogP contribution in [0.5, 0.6) is 0 Å². The van der Waals surface area contributed by atoms with Crippen molar-refractivity contribution in [1.82, 2.24) is 5.32 Å². The highest BCUT2D eigenvalue weighted by atomic mass is 16.4. The highest BCUT2D eigenvalue weighted by Crippen LogP contribution is 2.00. The van der Waals surface area contributed by atoms with Crippen molar-refractivity contribution in [2.24, 2.45) is 5.73 Å². The third-order valence-electron chi connectivity index (χ3n) is 2.59. The van der Waals surface area contributed by atoms with E-state index in [4.69, 9.17) is 10.8 Å². The number of amides is 1. The smallest absolute Gasteiger partial charge is 0.320 e. The minimum absolute atomic E-state index is 0.0842. The zero-order valence-electron chi connectivity index (χ0n) is 10.6. The van der Waals surface area contributed by atoms with Gasteiger partial charge in [0, 0.05) is 13.0 Å². The van der Waals surface area contributed by atoms with Crippen molar-refractivity contribution in [1.29, 1.82) is 0 Å². The molecular weight excluding hydrogens is 220 g/mol. The highest BCUT2D eigenvalue weighted by molar-refractivity contribution is 5.75. The van der Waals surface area contributed by atoms with E-state index in [1.165, 1.54) is 0 Å². The van der Waals surface area contributed by atoms with Gasteiger partial charge in [0.2, 0.25) is 5.91 Å². The molecule has 0 aliphatic rings. The van der Waals surface area contributed by atoms with E-state index in [0.717, 1.165) is 32.1 Å². The topological polar surface area (TPSA) is 92.4 Å². The summed E-state index contributed by atoms with van der Waals surface area (Å²) in [7, 11) is 0. The molecule has 0 unspecified atom stereocenters. The zero-order valence-corrected chi connectivity index (χ0v) is 10.6. The van der Waals surface area contributed by atoms with Gasteiger partial charge in [-0.25, -0.2) is 0 Å². The third-order valence-corrected chi connectivity index (χ3v) is 2.59. The van der Waals surface area contributed by atoms with Crippen LogP contribution in [-0.2, 0) is 9.59 Å². The maximum Gasteiger partial charge on any atom is 0.320 e. The summed E-state index contributed by atoms with van der Waals surface area (Å²) < 4.78 is 0. The lowest BCUT2D eigenvalue weighted by Crippen LogP contribution is -2.30. The van der Waals surface area contributed by atoms with Gasteiger partial charge in [-0.1, -0.05) is 19.8 Å². The van der Waals surface area contributed by atoms with Crippen LogP contribution in [0.4, 0.5) is 0 Å². The number of carboxylic acid groups (broad SMARTS) is 1. The summed E-state index contributed by atoms with van der Waals surface area (Å²) in [6, 6.07) is -0.782. The van der Waals surface area contributed by atoms with E-state index >= 15 is 0 Å². The molecule has 5 nitrogen and oxygen atoms in total. The number of nitrogens with one attached hydrogen (secondary N) is 1. The number of hydrogen-bond donors (Lipinski definition) is 3. The van der Waals surface area contributed by atoms with Gasteiger partial charge in [0.25, 0.3) is 0 Å². The molecule has 0 aromatic carbocycles. The number of carbonyl (C=O) groups excluding carboxylic acids is 1. The molecule has 0 saturated heterocycles. The second-order valence-corrected chi connectivity index (χ2v) is 4.25. The number of rotatable bonds is 10. The summed E-state index contributed by atoms with van der Waals surface area (Å²) in [5, 5.41) is 11.4. The maximum atomic E-state index is 11.3. The molecule has 0 aliphatic heterocycles. The van der Waals surface area contributed by atoms with Gasteiger partial charge in [0.1, 0.15) is 6.04 Å². The number of carboxylic acids is 1. The Kier molecular flexibility index (Phi) is 9.43. The van der Waals surface area contributed by atoms with E-state index in [2.05, 4.69) is 12.2 Å². The van der Waals surface area contributed by atoms with Crippen molar-refractivity contribution in [3.05, 3.63) is 0 Å². The van der Waals surface area contributed by atoms with Crippen molar-refractivity contribution in [3.8, 4) is 0 Å². The SMILES string of the molecule is CCCCCC(=O)NCCCC[C@H](N)C(=O)O. The van der Waals surface area contributed by atoms with Crippen LogP contribution >= 0.6 is 0 Å². The van der Waals surface area contributed by atoms with Crippen molar-refractivity contribution in [2.75, 3.05) is 6.54 Å². The Morgan fingerprint density at radius 3 is 2.53 bits per heavy atom. The molecule has 0 aromatic heterocycles. The van der Waals surface area contributed by atoms with Gasteiger partial charge < -0.3 is 16.2 Å². The molecule has 1 atom stereocenters. The van der Waals surface area contributed by atoms with Crippen molar-refractivity contribution in [3.63, 3.8) is 0 Å². The standard InChI is InChI=1S/C12H24N2O3/c1-2-3-4-8-11(15)14-9-6-5-7-10(13)12(16)17/h10H,2-9,13H2,1H3,(H,14,15)(H,16,17)/t10-/m0/s1. The number of hydrogen-bond acceptors (Lipinski definition) is 3. The third kappa shape index (κ3) is 9.81. The second kappa shape index (κ2) is 10.1. The van der Waals surface area contributed by atoms with Crippen LogP contribution in [0.15, 0.2) is 0 Å². The molecular formula is C12H24N2O3. The van der Waals surface area contributed by atoms with Gasteiger partial charge in [-0.05, 0) is 25.7 Å². The molecule has 100 valence electrons. The molecule has 0 aliphatic carbocycles. The summed E-state index contributed by atoms with van der Waals surface area (Å²) in [6.07, 6.45) is 5.68. The largest absolute Gasteiger partial charge is 0.480 e. The fourth-order valence-corrected chi connectivity index (χ4v) is 1.46. The van der Waals surface area contributed by atoms with Crippen LogP contribution in [0.2, 0.25) is 0 Å². The molecule has 0 radical (unpaired) electrons. The van der Waals surface area contributed by atoms with Crippen molar-refractivity contribution >= 4 is 11.9 Å². The maximum absolute atomic E-state index is 11.3. The van der Waals surface area contributed by atoms with Gasteiger partial charge >= 0.3 is 5.97 Å². The molecule has 4 N–H and O–H groups in total. The molecule has 0 fully saturated rings. The molecule has 0 aromatic rings. The van der Waals surface area contributed by atoms with Gasteiger partial charge in [-0.15, -0.1) is 0 Å². The predicted octanol–water partition coefficient (Wildman–Crippen LogP) is 1.27. The number of carbonyl (C=O) groups is 2. The summed E-state index contributed by atoms with van der Waals surface area (Å²) >= 11 is 0. The quantitative estimate of drug-likeness (QED) is 0.504. The lowest BCUT2D eigenvalue weighted by molar-refractivity contribution is -0.138. The monoisotopic (exact) mass is 244 g/mol. The lowest BCUT2D eigenvalue weighted by Gasteiger charge is -2.07. The van der Waals surface area contributed by atoms with Crippen LogP contribution in [0.25, 0.3) is 0 Å². The molecule has 0 bridgehead atoms. The molecule has 0 rings (SSSR count). The first-order valence-corrected chi connectivity index (χ1v) is 6.33. The summed E-state index contributed by atoms with van der Waals surface area (Å²) in [4.78, 5) is 21.7.